The Morgan fingerprint density at radius 2 is 0.793 bits per heavy atom. The first-order valence-electron chi connectivity index (χ1n) is 29.3. The van der Waals surface area contributed by atoms with Crippen molar-refractivity contribution in [2.24, 2.45) is 0 Å². The third kappa shape index (κ3) is 20.1. The summed E-state index contributed by atoms with van der Waals surface area (Å²) < 4.78 is 26.4. The van der Waals surface area contributed by atoms with Gasteiger partial charge < -0.3 is 53.7 Å². The second-order valence-corrected chi connectivity index (χ2v) is 22.7. The molecular weight excluding hydrogens is 1240 g/mol. The Morgan fingerprint density at radius 3 is 1.10 bits per heavy atom. The number of hydrogen-bond donors (Lipinski definition) is 4. The van der Waals surface area contributed by atoms with Crippen LogP contribution in [-0.2, 0) is 29.2 Å². The van der Waals surface area contributed by atoms with Crippen LogP contribution in [0.15, 0.2) is 197 Å². The highest BCUT2D eigenvalue weighted by Crippen LogP contribution is 2.34. The third-order valence-corrected chi connectivity index (χ3v) is 14.1. The van der Waals surface area contributed by atoms with E-state index in [0.29, 0.717) is 73.8 Å². The number of carboxylic acid groups (broad SMARTS) is 1. The molecule has 92 heavy (non-hydrogen) atoms. The highest BCUT2D eigenvalue weighted by molar-refractivity contribution is 6.33. The maximum absolute atomic E-state index is 12.9. The molecule has 3 aromatic heterocycles. The lowest BCUT2D eigenvalue weighted by molar-refractivity contribution is -0.0756. The number of rotatable bonds is 23. The summed E-state index contributed by atoms with van der Waals surface area (Å²) in [5.74, 6) is -0.406. The monoisotopic (exact) mass is 1310 g/mol. The van der Waals surface area contributed by atoms with Crippen LogP contribution in [0.25, 0.3) is 0 Å². The van der Waals surface area contributed by atoms with Crippen molar-refractivity contribution in [2.45, 2.75) is 86.4 Å². The molecule has 19 nitrogen and oxygen atoms in total. The summed E-state index contributed by atoms with van der Waals surface area (Å²) in [5, 5.41) is 21.2. The Morgan fingerprint density at radius 1 is 0.478 bits per heavy atom. The molecular formula is C70H72Cl3N7O12. The molecule has 6 aromatic carbocycles. The normalized spacial score (nSPS) is 10.8. The molecule has 0 aliphatic rings. The number of pyridine rings is 3. The van der Waals surface area contributed by atoms with Crippen molar-refractivity contribution in [3.63, 3.8) is 0 Å². The number of ether oxygens (including phenoxy) is 4. The molecule has 0 saturated carbocycles. The van der Waals surface area contributed by atoms with Crippen molar-refractivity contribution < 1.29 is 43.3 Å². The number of halogens is 3. The summed E-state index contributed by atoms with van der Waals surface area (Å²) in [4.78, 5) is 80.4. The van der Waals surface area contributed by atoms with E-state index in [1.807, 2.05) is 133 Å². The number of carbonyl (C=O) groups is 3. The number of aromatic nitrogens is 3. The lowest BCUT2D eigenvalue weighted by atomic mass is 10.1. The minimum absolute atomic E-state index is 0.0102. The molecule has 0 bridgehead atoms. The van der Waals surface area contributed by atoms with Crippen molar-refractivity contribution in [1.82, 2.24) is 18.8 Å². The zero-order chi connectivity index (χ0) is 66.6. The largest absolute Gasteiger partial charge is 0.489 e. The van der Waals surface area contributed by atoms with Crippen LogP contribution < -0.4 is 46.8 Å². The van der Waals surface area contributed by atoms with E-state index in [2.05, 4.69) is 16.0 Å². The Hall–Kier alpha value is -9.79. The molecule has 9 aromatic rings. The number of hydrogen-bond acceptors (Lipinski definition) is 14. The summed E-state index contributed by atoms with van der Waals surface area (Å²) >= 11 is 18.9. The van der Waals surface area contributed by atoms with Gasteiger partial charge in [0.25, 0.3) is 22.6 Å². The molecule has 0 radical (unpaired) electrons. The fourth-order valence-corrected chi connectivity index (χ4v) is 9.63. The Kier molecular flexibility index (Phi) is 25.2. The number of esters is 1. The van der Waals surface area contributed by atoms with E-state index >= 15 is 0 Å². The van der Waals surface area contributed by atoms with Crippen LogP contribution in [0.5, 0.6) is 17.2 Å². The van der Waals surface area contributed by atoms with Gasteiger partial charge in [0.1, 0.15) is 17.2 Å². The average molecular weight is 1310 g/mol. The van der Waals surface area contributed by atoms with Crippen LogP contribution in [-0.4, -0.2) is 80.8 Å². The van der Waals surface area contributed by atoms with E-state index in [0.717, 1.165) is 21.8 Å². The Bertz CT molecular complexity index is 4180. The summed E-state index contributed by atoms with van der Waals surface area (Å²) in [6, 6.07) is 48.0. The summed E-state index contributed by atoms with van der Waals surface area (Å²) in [7, 11) is 2.91. The fraction of sp³-hybridized carbons (Fsp3) is 0.229. The van der Waals surface area contributed by atoms with Gasteiger partial charge in [-0.25, -0.2) is 14.7 Å². The van der Waals surface area contributed by atoms with Gasteiger partial charge in [-0.15, -0.1) is 0 Å². The van der Waals surface area contributed by atoms with Crippen LogP contribution in [0.3, 0.4) is 0 Å². The highest BCUT2D eigenvalue weighted by Gasteiger charge is 2.21. The predicted molar refractivity (Wildman–Crippen MR) is 362 cm³/mol. The molecule has 0 aliphatic heterocycles. The van der Waals surface area contributed by atoms with Gasteiger partial charge in [-0.1, -0.05) is 126 Å². The molecule has 3 heterocycles. The maximum atomic E-state index is 12.9. The van der Waals surface area contributed by atoms with Gasteiger partial charge in [0.2, 0.25) is 0 Å². The first-order valence-corrected chi connectivity index (χ1v) is 30.4. The minimum Gasteiger partial charge on any atom is -0.489 e. The molecule has 0 saturated heterocycles. The van der Waals surface area contributed by atoms with E-state index in [4.69, 9.17) is 58.6 Å². The zero-order valence-corrected chi connectivity index (χ0v) is 54.5. The Labute approximate surface area is 548 Å². The van der Waals surface area contributed by atoms with Crippen LogP contribution in [0.1, 0.15) is 96.2 Å². The van der Waals surface area contributed by atoms with Gasteiger partial charge in [-0.3, -0.25) is 24.0 Å². The number of carboxylic acids is 1. The average Bonchev–Trinajstić information content (AvgIpc) is 0.854. The topological polar surface area (TPSA) is 223 Å². The number of amides is 1. The second-order valence-electron chi connectivity index (χ2n) is 21.5. The van der Waals surface area contributed by atoms with E-state index < -0.39 is 17.8 Å². The molecule has 1 amide bonds. The Balaban J connectivity index is 0.000000196. The molecule has 0 spiro atoms. The number of nitrogens with zero attached hydrogens (tertiary/aromatic N) is 4. The van der Waals surface area contributed by atoms with E-state index in [-0.39, 0.29) is 70.5 Å². The van der Waals surface area contributed by atoms with Gasteiger partial charge in [-0.05, 0) is 120 Å². The predicted octanol–water partition coefficient (Wildman–Crippen LogP) is 14.8. The van der Waals surface area contributed by atoms with Crippen molar-refractivity contribution in [1.29, 1.82) is 0 Å². The van der Waals surface area contributed by atoms with E-state index in [9.17, 15) is 33.9 Å². The van der Waals surface area contributed by atoms with Crippen LogP contribution in [0.2, 0.25) is 15.1 Å². The van der Waals surface area contributed by atoms with Gasteiger partial charge >= 0.3 is 11.9 Å². The molecule has 4 N–H and O–H groups in total. The maximum Gasteiger partial charge on any atom is 0.341 e. The first kappa shape index (κ1) is 69.7. The quantitative estimate of drug-likeness (QED) is 0.0345. The standard InChI is InChI=1S/C24H26ClN3O4.C24H25ClN2O4.C22H21ClN2O4/c1-16(2)32-22-11-10-18(12-20(22)25)26-21-13-23(29)28(14-17-8-6-5-7-9-17)15-19(21)24(30)27(3)31-4;1-4-30-24(29)19-15-27(14-17-8-6-5-7-9-17)23(28)13-21(19)26-18-10-11-22(20(25)12-18)31-16(2)3;1-14(2)29-20-9-8-16(10-18(20)23)24-19-11-21(26)25(13-17(19)22(27)28)12-15-6-4-3-5-7-15/h5-13,15-16,26H,14H2,1-4H3;5-13,15-16,26H,4,14H2,1-3H3;3-11,13-14,24H,12H2,1-2H3,(H,27,28). The van der Waals surface area contributed by atoms with Crippen LogP contribution in [0.4, 0.5) is 34.1 Å². The van der Waals surface area contributed by atoms with Crippen molar-refractivity contribution in [3.8, 4) is 17.2 Å². The number of benzene rings is 6. The minimum atomic E-state index is -1.14. The molecule has 0 unspecified atom stereocenters. The smallest absolute Gasteiger partial charge is 0.341 e. The van der Waals surface area contributed by atoms with Gasteiger partial charge in [0.15, 0.2) is 0 Å². The van der Waals surface area contributed by atoms with Crippen LogP contribution >= 0.6 is 34.8 Å². The number of aromatic carboxylic acids is 1. The third-order valence-electron chi connectivity index (χ3n) is 13.2. The van der Waals surface area contributed by atoms with E-state index in [1.165, 1.54) is 64.6 Å². The highest BCUT2D eigenvalue weighted by atomic mass is 35.5. The molecule has 0 aliphatic carbocycles. The molecule has 0 fully saturated rings. The summed E-state index contributed by atoms with van der Waals surface area (Å²) in [6.07, 6.45) is 4.35. The van der Waals surface area contributed by atoms with E-state index in [1.54, 1.807) is 61.5 Å². The molecule has 22 heteroatoms. The van der Waals surface area contributed by atoms with Crippen LogP contribution in [0, 0.1) is 0 Å². The van der Waals surface area contributed by atoms with Crippen molar-refractivity contribution in [2.75, 3.05) is 36.7 Å². The molecule has 480 valence electrons. The molecule has 9 rings (SSSR count). The van der Waals surface area contributed by atoms with Crippen molar-refractivity contribution >= 4 is 86.8 Å². The lowest BCUT2D eigenvalue weighted by Crippen LogP contribution is -2.29. The van der Waals surface area contributed by atoms with Gasteiger partial charge in [-0.2, -0.15) is 0 Å². The number of anilines is 6. The first-order chi connectivity index (χ1) is 44.0. The molecule has 0 atom stereocenters. The fourth-order valence-electron chi connectivity index (χ4n) is 8.96. The number of carbonyl (C=O) groups excluding carboxylic acids is 2. The number of nitrogens with one attached hydrogen (secondary N) is 3. The number of hydroxylamine groups is 2. The lowest BCUT2D eigenvalue weighted by Gasteiger charge is -2.19. The van der Waals surface area contributed by atoms with Gasteiger partial charge in [0, 0.05) is 60.9 Å². The SMILES string of the molecule is CC(C)Oc1ccc(Nc2cc(=O)n(Cc3ccccc3)cc2C(=O)O)cc1Cl.CCOC(=O)c1cn(Cc2ccccc2)c(=O)cc1Nc1ccc(OC(C)C)c(Cl)c1.CON(C)C(=O)c1cn(Cc2ccccc2)c(=O)cc1Nc1ccc(OC(C)C)c(Cl)c1. The zero-order valence-electron chi connectivity index (χ0n) is 52.2. The van der Waals surface area contributed by atoms with Crippen molar-refractivity contribution in [3.05, 3.63) is 262 Å². The summed E-state index contributed by atoms with van der Waals surface area (Å²) in [6.45, 7) is 14.4. The van der Waals surface area contributed by atoms with Gasteiger partial charge in [0.05, 0.1) is 100 Å². The second kappa shape index (κ2) is 33.3. The summed E-state index contributed by atoms with van der Waals surface area (Å²) in [5.41, 5.74) is 5.19.